The van der Waals surface area contributed by atoms with E-state index in [-0.39, 0.29) is 35.4 Å². The van der Waals surface area contributed by atoms with Gasteiger partial charge in [-0.1, -0.05) is 20.3 Å². The molecule has 0 unspecified atom stereocenters. The van der Waals surface area contributed by atoms with E-state index in [1.165, 1.54) is 0 Å². The van der Waals surface area contributed by atoms with E-state index in [9.17, 15) is 9.59 Å². The molecular weight excluding hydrogens is 414 g/mol. The molecule has 3 rings (SSSR count). The smallest absolute Gasteiger partial charge is 0.410 e. The van der Waals surface area contributed by atoms with E-state index < -0.39 is 5.60 Å². The van der Waals surface area contributed by atoms with Gasteiger partial charge in [0.1, 0.15) is 11.4 Å². The van der Waals surface area contributed by atoms with E-state index in [0.717, 1.165) is 50.0 Å². The monoisotopic (exact) mass is 451 g/mol. The zero-order valence-electron chi connectivity index (χ0n) is 19.9. The zero-order valence-corrected chi connectivity index (χ0v) is 20.7. The highest BCUT2D eigenvalue weighted by molar-refractivity contribution is 6.20. The molecule has 0 spiro atoms. The molecule has 2 atom stereocenters. The Morgan fingerprint density at radius 1 is 1.26 bits per heavy atom. The third-order valence-corrected chi connectivity index (χ3v) is 7.12. The molecule has 1 saturated carbocycles. The summed E-state index contributed by atoms with van der Waals surface area (Å²) in [4.78, 5) is 33.0. The van der Waals surface area contributed by atoms with Gasteiger partial charge >= 0.3 is 6.09 Å². The van der Waals surface area contributed by atoms with Crippen LogP contribution >= 0.6 is 11.6 Å². The van der Waals surface area contributed by atoms with E-state index in [1.54, 1.807) is 9.47 Å². The molecule has 1 aliphatic heterocycles. The number of nitrogens with zero attached hydrogens (tertiary/aromatic N) is 3. The first kappa shape index (κ1) is 24.1. The first-order valence-electron chi connectivity index (χ1n) is 11.7. The molecule has 1 aliphatic carbocycles. The van der Waals surface area contributed by atoms with E-state index in [1.807, 2.05) is 27.8 Å². The van der Waals surface area contributed by atoms with Gasteiger partial charge in [0.15, 0.2) is 0 Å². The van der Waals surface area contributed by atoms with Crippen molar-refractivity contribution in [2.75, 3.05) is 6.54 Å². The number of halogens is 1. The zero-order chi connectivity index (χ0) is 22.9. The molecule has 0 aromatic carbocycles. The van der Waals surface area contributed by atoms with Gasteiger partial charge in [0, 0.05) is 30.8 Å². The van der Waals surface area contributed by atoms with Crippen LogP contribution in [0.15, 0.2) is 4.79 Å². The van der Waals surface area contributed by atoms with Gasteiger partial charge in [-0.2, -0.15) is 0 Å². The molecule has 6 nitrogen and oxygen atoms in total. The van der Waals surface area contributed by atoms with Crippen molar-refractivity contribution in [1.29, 1.82) is 0 Å². The molecule has 2 aliphatic rings. The number of fused-ring (bicyclic) bond motifs is 1. The van der Waals surface area contributed by atoms with Gasteiger partial charge in [-0.15, -0.1) is 11.6 Å². The van der Waals surface area contributed by atoms with Crippen LogP contribution < -0.4 is 5.56 Å². The van der Waals surface area contributed by atoms with Crippen molar-refractivity contribution in [3.05, 3.63) is 27.4 Å². The Labute approximate surface area is 191 Å². The Bertz CT molecular complexity index is 853. The summed E-state index contributed by atoms with van der Waals surface area (Å²) in [6.45, 7) is 10.8. The maximum atomic E-state index is 13.4. The fourth-order valence-corrected chi connectivity index (χ4v) is 5.01. The Balaban J connectivity index is 1.98. The molecule has 1 amide bonds. The summed E-state index contributed by atoms with van der Waals surface area (Å²) in [6, 6.07) is 0. The molecule has 2 heterocycles. The summed E-state index contributed by atoms with van der Waals surface area (Å²) in [5, 5.41) is 0.228. The average molecular weight is 452 g/mol. The minimum atomic E-state index is -0.572. The summed E-state index contributed by atoms with van der Waals surface area (Å²) < 4.78 is 7.32. The molecule has 0 saturated heterocycles. The van der Waals surface area contributed by atoms with Gasteiger partial charge in [0.05, 0.1) is 17.8 Å². The van der Waals surface area contributed by atoms with Gasteiger partial charge in [-0.3, -0.25) is 9.36 Å². The van der Waals surface area contributed by atoms with E-state index in [0.29, 0.717) is 18.0 Å². The molecule has 31 heavy (non-hydrogen) atoms. The van der Waals surface area contributed by atoms with Crippen LogP contribution in [-0.2, 0) is 18.3 Å². The second kappa shape index (κ2) is 9.51. The van der Waals surface area contributed by atoms with Crippen LogP contribution in [-0.4, -0.2) is 38.1 Å². The fourth-order valence-electron chi connectivity index (χ4n) is 4.76. The van der Waals surface area contributed by atoms with Crippen molar-refractivity contribution in [2.24, 2.45) is 13.0 Å². The average Bonchev–Trinajstić information content (AvgIpc) is 2.70. The highest BCUT2D eigenvalue weighted by atomic mass is 35.5. The van der Waals surface area contributed by atoms with E-state index in [2.05, 4.69) is 13.8 Å². The quantitative estimate of drug-likeness (QED) is 0.581. The Hall–Kier alpha value is -1.56. The molecule has 0 bridgehead atoms. The van der Waals surface area contributed by atoms with Crippen molar-refractivity contribution >= 4 is 17.7 Å². The van der Waals surface area contributed by atoms with Gasteiger partial charge < -0.3 is 9.64 Å². The van der Waals surface area contributed by atoms with Crippen molar-refractivity contribution in [2.45, 2.75) is 103 Å². The number of hydrogen-bond acceptors (Lipinski definition) is 4. The second-order valence-electron chi connectivity index (χ2n) is 10.5. The number of carbonyl (C=O) groups is 1. The predicted molar refractivity (Wildman–Crippen MR) is 124 cm³/mol. The van der Waals surface area contributed by atoms with Crippen LogP contribution in [0, 0.1) is 5.92 Å². The number of rotatable bonds is 4. The molecular formula is C24H38ClN3O3. The Kier molecular flexibility index (Phi) is 7.39. The fraction of sp³-hybridized carbons (Fsp3) is 0.792. The van der Waals surface area contributed by atoms with Crippen LogP contribution in [0.2, 0.25) is 0 Å². The van der Waals surface area contributed by atoms with E-state index >= 15 is 0 Å². The second-order valence-corrected chi connectivity index (χ2v) is 11.1. The Morgan fingerprint density at radius 3 is 2.48 bits per heavy atom. The van der Waals surface area contributed by atoms with Gasteiger partial charge in [0.25, 0.3) is 5.56 Å². The topological polar surface area (TPSA) is 64.4 Å². The summed E-state index contributed by atoms with van der Waals surface area (Å²) in [5.74, 6) is 1.68. The number of alkyl halides is 1. The number of hydrogen-bond donors (Lipinski definition) is 0. The highest BCUT2D eigenvalue weighted by Crippen LogP contribution is 2.36. The molecule has 1 fully saturated rings. The summed E-state index contributed by atoms with van der Waals surface area (Å²) >= 11 is 6.31. The van der Waals surface area contributed by atoms with Crippen molar-refractivity contribution in [3.8, 4) is 0 Å². The standard InChI is InChI=1S/C24H38ClN3O3/c1-7-15(2)12-17-13-28(23(30)31-24(3,4)5)14-19-20(17)26-21(27(6)22(19)29)16-8-10-18(25)11-9-16/h15-18H,7-14H2,1-6H3/t15-,16?,17+,18?/m0/s1. The number of amides is 1. The normalized spacial score (nSPS) is 25.1. The lowest BCUT2D eigenvalue weighted by molar-refractivity contribution is 0.0195. The van der Waals surface area contributed by atoms with Crippen molar-refractivity contribution < 1.29 is 9.53 Å². The van der Waals surface area contributed by atoms with Crippen LogP contribution in [0.1, 0.15) is 102 Å². The molecule has 0 N–H and O–H groups in total. The predicted octanol–water partition coefficient (Wildman–Crippen LogP) is 5.32. The van der Waals surface area contributed by atoms with Crippen molar-refractivity contribution in [1.82, 2.24) is 14.5 Å². The largest absolute Gasteiger partial charge is 0.444 e. The van der Waals surface area contributed by atoms with Crippen LogP contribution in [0.3, 0.4) is 0 Å². The molecule has 1 aromatic heterocycles. The lowest BCUT2D eigenvalue weighted by Gasteiger charge is -2.36. The minimum Gasteiger partial charge on any atom is -0.444 e. The number of aromatic nitrogens is 2. The van der Waals surface area contributed by atoms with Crippen LogP contribution in [0.4, 0.5) is 4.79 Å². The SMILES string of the molecule is CC[C@H](C)C[C@@H]1CN(C(=O)OC(C)(C)C)Cc2c1nc(C1CCC(Cl)CC1)n(C)c2=O. The maximum absolute atomic E-state index is 13.4. The number of carbonyl (C=O) groups excluding carboxylic acids is 1. The van der Waals surface area contributed by atoms with E-state index in [4.69, 9.17) is 21.3 Å². The number of ether oxygens (including phenoxy) is 1. The lowest BCUT2D eigenvalue weighted by atomic mass is 9.85. The van der Waals surface area contributed by atoms with Crippen LogP contribution in [0.5, 0.6) is 0 Å². The third-order valence-electron chi connectivity index (χ3n) is 6.68. The van der Waals surface area contributed by atoms with Gasteiger partial charge in [-0.25, -0.2) is 9.78 Å². The summed E-state index contributed by atoms with van der Waals surface area (Å²) in [7, 11) is 1.81. The summed E-state index contributed by atoms with van der Waals surface area (Å²) in [6.07, 6.45) is 5.44. The molecule has 7 heteroatoms. The first-order chi connectivity index (χ1) is 14.5. The molecule has 1 aromatic rings. The summed E-state index contributed by atoms with van der Waals surface area (Å²) in [5.41, 5.74) is 0.932. The van der Waals surface area contributed by atoms with Gasteiger partial charge in [-0.05, 0) is 58.8 Å². The lowest BCUT2D eigenvalue weighted by Crippen LogP contribution is -2.45. The first-order valence-corrected chi connectivity index (χ1v) is 12.2. The Morgan fingerprint density at radius 2 is 1.90 bits per heavy atom. The van der Waals surface area contributed by atoms with Crippen LogP contribution in [0.25, 0.3) is 0 Å². The molecule has 0 radical (unpaired) electrons. The maximum Gasteiger partial charge on any atom is 0.410 e. The third kappa shape index (κ3) is 5.63. The molecule has 174 valence electrons. The highest BCUT2D eigenvalue weighted by Gasteiger charge is 2.36. The minimum absolute atomic E-state index is 0.0320. The van der Waals surface area contributed by atoms with Gasteiger partial charge in [0.2, 0.25) is 0 Å². The van der Waals surface area contributed by atoms with Crippen molar-refractivity contribution in [3.63, 3.8) is 0 Å².